The lowest BCUT2D eigenvalue weighted by molar-refractivity contribution is -0.138. The Bertz CT molecular complexity index is 1300. The van der Waals surface area contributed by atoms with Crippen LogP contribution in [0.2, 0.25) is 5.02 Å². The molecule has 262 valence electrons. The third-order valence-corrected chi connectivity index (χ3v) is 11.8. The van der Waals surface area contributed by atoms with E-state index in [0.717, 1.165) is 37.7 Å². The van der Waals surface area contributed by atoms with Crippen LogP contribution in [0, 0.1) is 5.92 Å². The summed E-state index contributed by atoms with van der Waals surface area (Å²) in [6.07, 6.45) is 17.3. The summed E-state index contributed by atoms with van der Waals surface area (Å²) >= 11 is 6.18. The smallest absolute Gasteiger partial charge is 0.245 e. The normalized spacial score (nSPS) is 22.5. The summed E-state index contributed by atoms with van der Waals surface area (Å²) in [4.78, 5) is 35.2. The Morgan fingerprint density at radius 3 is 2.29 bits per heavy atom. The van der Waals surface area contributed by atoms with E-state index in [2.05, 4.69) is 32.6 Å². The molecule has 2 amide bonds. The zero-order valence-electron chi connectivity index (χ0n) is 29.0. The number of piperazine rings is 1. The molecule has 1 saturated carbocycles. The molecule has 7 nitrogen and oxygen atoms in total. The van der Waals surface area contributed by atoms with E-state index in [1.807, 2.05) is 41.3 Å². The van der Waals surface area contributed by atoms with Gasteiger partial charge in [0.2, 0.25) is 11.8 Å². The van der Waals surface area contributed by atoms with Crippen LogP contribution in [0.5, 0.6) is 0 Å². The zero-order valence-corrected chi connectivity index (χ0v) is 29.8. The van der Waals surface area contributed by atoms with Crippen LogP contribution in [-0.4, -0.2) is 90.5 Å². The predicted octanol–water partition coefficient (Wildman–Crippen LogP) is 6.22. The zero-order chi connectivity index (χ0) is 33.1. The molecule has 2 aromatic carbocycles. The molecule has 8 heteroatoms. The summed E-state index contributed by atoms with van der Waals surface area (Å²) in [5, 5.41) is 7.25. The molecule has 0 bridgehead atoms. The van der Waals surface area contributed by atoms with Crippen molar-refractivity contribution in [3.05, 3.63) is 70.2 Å². The lowest BCUT2D eigenvalue weighted by Crippen LogP contribution is -2.59. The summed E-state index contributed by atoms with van der Waals surface area (Å²) in [7, 11) is 0. The number of rotatable bonds is 13. The van der Waals surface area contributed by atoms with Crippen LogP contribution in [-0.2, 0) is 29.0 Å². The van der Waals surface area contributed by atoms with Crippen molar-refractivity contribution in [2.45, 2.75) is 115 Å². The quantitative estimate of drug-likeness (QED) is 0.247. The van der Waals surface area contributed by atoms with E-state index >= 15 is 0 Å². The Kier molecular flexibility index (Phi) is 13.3. The average Bonchev–Trinajstić information content (AvgIpc) is 3.14. The summed E-state index contributed by atoms with van der Waals surface area (Å²) in [6.45, 7) is 7.74. The van der Waals surface area contributed by atoms with E-state index in [1.54, 1.807) is 0 Å². The van der Waals surface area contributed by atoms with Crippen molar-refractivity contribution >= 4 is 23.4 Å². The number of amides is 2. The van der Waals surface area contributed by atoms with E-state index in [9.17, 15) is 9.59 Å². The first kappa shape index (κ1) is 35.4. The molecule has 3 heterocycles. The highest BCUT2D eigenvalue weighted by Gasteiger charge is 2.34. The largest absolute Gasteiger partial charge is 0.343 e. The molecule has 0 spiro atoms. The minimum atomic E-state index is -0.614. The molecule has 2 aromatic rings. The van der Waals surface area contributed by atoms with Crippen LogP contribution in [0.25, 0.3) is 0 Å². The molecule has 48 heavy (non-hydrogen) atoms. The van der Waals surface area contributed by atoms with E-state index < -0.39 is 6.04 Å². The standard InChI is InChI=1S/C40H58ClN5O2/c41-35-18-16-32(17-19-35)28-38(43-39(47)37-29-33-13-5-6-14-34(33)30-42-37)40(48)46-25-23-45(24-26-46)36(27-31-11-3-1-4-12-31)15-7-10-22-44-20-8-2-9-21-44/h5-6,13-14,16-19,31,36-38,42H,1-4,7-12,15,20-30H2,(H,43,47)/t36?,37-,38-/m1/s1. The molecular formula is C40H58ClN5O2. The second-order valence-electron chi connectivity index (χ2n) is 15.0. The molecule has 1 aliphatic carbocycles. The van der Waals surface area contributed by atoms with Crippen LogP contribution in [0.15, 0.2) is 48.5 Å². The Morgan fingerprint density at radius 2 is 1.54 bits per heavy atom. The van der Waals surface area contributed by atoms with Gasteiger partial charge in [0, 0.05) is 50.2 Å². The van der Waals surface area contributed by atoms with Gasteiger partial charge in [0.25, 0.3) is 0 Å². The second-order valence-corrected chi connectivity index (χ2v) is 15.4. The van der Waals surface area contributed by atoms with Crippen LogP contribution < -0.4 is 10.6 Å². The topological polar surface area (TPSA) is 67.9 Å². The van der Waals surface area contributed by atoms with Crippen LogP contribution >= 0.6 is 11.6 Å². The van der Waals surface area contributed by atoms with E-state index in [1.165, 1.54) is 108 Å². The molecule has 2 saturated heterocycles. The summed E-state index contributed by atoms with van der Waals surface area (Å²) in [5.74, 6) is 0.775. The van der Waals surface area contributed by atoms with Gasteiger partial charge in [0.1, 0.15) is 6.04 Å². The van der Waals surface area contributed by atoms with Gasteiger partial charge >= 0.3 is 0 Å². The first-order chi connectivity index (χ1) is 23.5. The van der Waals surface area contributed by atoms with Gasteiger partial charge in [-0.15, -0.1) is 0 Å². The molecule has 1 unspecified atom stereocenters. The first-order valence-electron chi connectivity index (χ1n) is 19.1. The number of nitrogens with one attached hydrogen (secondary N) is 2. The van der Waals surface area contributed by atoms with Gasteiger partial charge in [0.15, 0.2) is 0 Å². The number of fused-ring (bicyclic) bond motifs is 1. The maximum Gasteiger partial charge on any atom is 0.245 e. The number of halogens is 1. The summed E-state index contributed by atoms with van der Waals surface area (Å²) < 4.78 is 0. The van der Waals surface area contributed by atoms with Gasteiger partial charge in [-0.25, -0.2) is 0 Å². The van der Waals surface area contributed by atoms with E-state index in [4.69, 9.17) is 11.6 Å². The molecule has 0 radical (unpaired) electrons. The molecule has 3 aliphatic heterocycles. The fraction of sp³-hybridized carbons (Fsp3) is 0.650. The number of unbranched alkanes of at least 4 members (excludes halogenated alkanes) is 1. The Balaban J connectivity index is 1.06. The molecule has 6 rings (SSSR count). The average molecular weight is 676 g/mol. The molecule has 3 fully saturated rings. The lowest BCUT2D eigenvalue weighted by atomic mass is 9.83. The number of hydrogen-bond acceptors (Lipinski definition) is 5. The minimum absolute atomic E-state index is 0.0273. The van der Waals surface area contributed by atoms with Crippen molar-refractivity contribution in [1.82, 2.24) is 25.3 Å². The Hall–Kier alpha value is -2.45. The summed E-state index contributed by atoms with van der Waals surface area (Å²) in [6, 6.07) is 15.6. The van der Waals surface area contributed by atoms with Crippen molar-refractivity contribution in [3.8, 4) is 0 Å². The summed E-state index contributed by atoms with van der Waals surface area (Å²) in [5.41, 5.74) is 3.43. The third-order valence-electron chi connectivity index (χ3n) is 11.5. The van der Waals surface area contributed by atoms with Crippen molar-refractivity contribution in [1.29, 1.82) is 0 Å². The van der Waals surface area contributed by atoms with Crippen molar-refractivity contribution in [2.24, 2.45) is 5.92 Å². The number of carbonyl (C=O) groups is 2. The van der Waals surface area contributed by atoms with Gasteiger partial charge in [-0.1, -0.05) is 92.9 Å². The lowest BCUT2D eigenvalue weighted by Gasteiger charge is -2.42. The highest BCUT2D eigenvalue weighted by Crippen LogP contribution is 2.31. The highest BCUT2D eigenvalue weighted by atomic mass is 35.5. The number of piperidine rings is 1. The SMILES string of the molecule is O=C(N[C@H](Cc1ccc(Cl)cc1)C(=O)N1CCN(C(CCCCN2CCCCC2)CC2CCCCC2)CC1)[C@H]1Cc2ccccc2CN1. The molecule has 0 aromatic heterocycles. The number of benzene rings is 2. The molecule has 2 N–H and O–H groups in total. The number of carbonyl (C=O) groups excluding carboxylic acids is 2. The van der Waals surface area contributed by atoms with Gasteiger partial charge in [-0.3, -0.25) is 14.5 Å². The number of hydrogen-bond donors (Lipinski definition) is 2. The van der Waals surface area contributed by atoms with Gasteiger partial charge < -0.3 is 20.4 Å². The van der Waals surface area contributed by atoms with Crippen LogP contribution in [0.1, 0.15) is 93.7 Å². The highest BCUT2D eigenvalue weighted by molar-refractivity contribution is 6.30. The Labute approximate surface area is 294 Å². The third kappa shape index (κ3) is 10.1. The van der Waals surface area contributed by atoms with E-state index in [0.29, 0.717) is 30.5 Å². The molecular weight excluding hydrogens is 618 g/mol. The fourth-order valence-corrected chi connectivity index (χ4v) is 8.78. The van der Waals surface area contributed by atoms with Gasteiger partial charge in [-0.05, 0) is 92.9 Å². The first-order valence-corrected chi connectivity index (χ1v) is 19.5. The maximum atomic E-state index is 14.2. The van der Waals surface area contributed by atoms with Gasteiger partial charge in [0.05, 0.1) is 6.04 Å². The monoisotopic (exact) mass is 675 g/mol. The molecule has 3 atom stereocenters. The van der Waals surface area contributed by atoms with Gasteiger partial charge in [-0.2, -0.15) is 0 Å². The van der Waals surface area contributed by atoms with Crippen molar-refractivity contribution in [3.63, 3.8) is 0 Å². The maximum absolute atomic E-state index is 14.2. The second kappa shape index (κ2) is 18.0. The van der Waals surface area contributed by atoms with Crippen LogP contribution in [0.3, 0.4) is 0 Å². The fourth-order valence-electron chi connectivity index (χ4n) is 8.65. The van der Waals surface area contributed by atoms with E-state index in [-0.39, 0.29) is 17.9 Å². The number of nitrogens with zero attached hydrogens (tertiary/aromatic N) is 3. The number of likely N-dealkylation sites (tertiary alicyclic amines) is 1. The Morgan fingerprint density at radius 1 is 0.833 bits per heavy atom. The van der Waals surface area contributed by atoms with Crippen molar-refractivity contribution in [2.75, 3.05) is 45.8 Å². The minimum Gasteiger partial charge on any atom is -0.343 e. The molecule has 4 aliphatic rings. The van der Waals surface area contributed by atoms with Crippen molar-refractivity contribution < 1.29 is 9.59 Å². The predicted molar refractivity (Wildman–Crippen MR) is 195 cm³/mol. The van der Waals surface area contributed by atoms with Crippen LogP contribution in [0.4, 0.5) is 0 Å².